The molecule has 128 valence electrons. The fraction of sp³-hybridized carbons (Fsp3) is 0.167. The number of carbonyl (C=O) groups excluding carboxylic acids is 1. The van der Waals surface area contributed by atoms with Crippen LogP contribution in [-0.4, -0.2) is 27.9 Å². The first-order valence-electron chi connectivity index (χ1n) is 7.67. The van der Waals surface area contributed by atoms with Crippen molar-refractivity contribution in [1.29, 1.82) is 0 Å². The van der Waals surface area contributed by atoms with Gasteiger partial charge in [0.2, 0.25) is 0 Å². The molecule has 0 saturated carbocycles. The van der Waals surface area contributed by atoms with Crippen molar-refractivity contribution in [2.24, 2.45) is 0 Å². The fourth-order valence-corrected chi connectivity index (χ4v) is 3.18. The maximum absolute atomic E-state index is 14.3. The van der Waals surface area contributed by atoms with Gasteiger partial charge in [0.15, 0.2) is 5.16 Å². The van der Waals surface area contributed by atoms with Crippen molar-refractivity contribution in [3.63, 3.8) is 0 Å². The average Bonchev–Trinajstić information content (AvgIpc) is 2.61. The summed E-state index contributed by atoms with van der Waals surface area (Å²) >= 11 is 1.04. The summed E-state index contributed by atoms with van der Waals surface area (Å²) in [6.07, 6.45) is 0. The van der Waals surface area contributed by atoms with Gasteiger partial charge >= 0.3 is 5.97 Å². The van der Waals surface area contributed by atoms with Crippen LogP contribution in [0.15, 0.2) is 58.5 Å². The van der Waals surface area contributed by atoms with Crippen LogP contribution in [0.1, 0.15) is 6.92 Å². The number of hydrogen-bond acceptors (Lipinski definition) is 5. The highest BCUT2D eigenvalue weighted by Crippen LogP contribution is 2.22. The topological polar surface area (TPSA) is 61.2 Å². The average molecular weight is 358 g/mol. The second kappa shape index (κ2) is 7.48. The van der Waals surface area contributed by atoms with E-state index < -0.39 is 11.8 Å². The summed E-state index contributed by atoms with van der Waals surface area (Å²) < 4.78 is 20.4. The fourth-order valence-electron chi connectivity index (χ4n) is 2.38. The number of rotatable bonds is 5. The van der Waals surface area contributed by atoms with Gasteiger partial charge in [-0.3, -0.25) is 14.2 Å². The number of esters is 1. The number of benzene rings is 2. The van der Waals surface area contributed by atoms with Gasteiger partial charge in [0.25, 0.3) is 5.56 Å². The maximum Gasteiger partial charge on any atom is 0.316 e. The summed E-state index contributed by atoms with van der Waals surface area (Å²) in [4.78, 5) is 29.0. The third kappa shape index (κ3) is 3.56. The highest BCUT2D eigenvalue weighted by Gasteiger charge is 2.17. The molecule has 0 saturated heterocycles. The van der Waals surface area contributed by atoms with Crippen LogP contribution >= 0.6 is 11.8 Å². The second-order valence-corrected chi connectivity index (χ2v) is 6.04. The summed E-state index contributed by atoms with van der Waals surface area (Å²) in [5.41, 5.74) is 0.200. The van der Waals surface area contributed by atoms with Crippen LogP contribution in [0.2, 0.25) is 0 Å². The summed E-state index contributed by atoms with van der Waals surface area (Å²) in [6, 6.07) is 12.8. The Hall–Kier alpha value is -2.67. The van der Waals surface area contributed by atoms with Gasteiger partial charge in [-0.1, -0.05) is 36.0 Å². The first kappa shape index (κ1) is 17.2. The van der Waals surface area contributed by atoms with E-state index in [0.29, 0.717) is 10.9 Å². The Kier molecular flexibility index (Phi) is 5.14. The Labute approximate surface area is 147 Å². The maximum atomic E-state index is 14.3. The SMILES string of the molecule is CCOC(=O)CSc1nc2ccccc2c(=O)n1-c1ccccc1F. The number of nitrogens with zero attached hydrogens (tertiary/aromatic N) is 2. The molecule has 0 fully saturated rings. The lowest BCUT2D eigenvalue weighted by atomic mass is 10.2. The van der Waals surface area contributed by atoms with Crippen molar-refractivity contribution in [1.82, 2.24) is 9.55 Å². The Morgan fingerprint density at radius 1 is 1.20 bits per heavy atom. The molecule has 0 aliphatic carbocycles. The lowest BCUT2D eigenvalue weighted by molar-refractivity contribution is -0.139. The van der Waals surface area contributed by atoms with E-state index in [9.17, 15) is 14.0 Å². The van der Waals surface area contributed by atoms with Crippen molar-refractivity contribution in [3.05, 3.63) is 64.7 Å². The van der Waals surface area contributed by atoms with Crippen LogP contribution in [-0.2, 0) is 9.53 Å². The Morgan fingerprint density at radius 2 is 1.92 bits per heavy atom. The summed E-state index contributed by atoms with van der Waals surface area (Å²) in [6.45, 7) is 1.98. The van der Waals surface area contributed by atoms with Crippen LogP contribution in [0.5, 0.6) is 0 Å². The molecule has 2 aromatic carbocycles. The number of halogens is 1. The predicted molar refractivity (Wildman–Crippen MR) is 94.7 cm³/mol. The minimum Gasteiger partial charge on any atom is -0.465 e. The minimum absolute atomic E-state index is 0.0208. The molecule has 7 heteroatoms. The molecule has 0 bridgehead atoms. The number of ether oxygens (including phenoxy) is 1. The number of fused-ring (bicyclic) bond motifs is 1. The van der Waals surface area contributed by atoms with Gasteiger partial charge in [0.05, 0.1) is 29.0 Å². The molecule has 1 aromatic heterocycles. The van der Waals surface area contributed by atoms with Crippen LogP contribution < -0.4 is 5.56 Å². The Bertz CT molecular complexity index is 987. The molecule has 5 nitrogen and oxygen atoms in total. The van der Waals surface area contributed by atoms with Gasteiger partial charge < -0.3 is 4.74 Å². The van der Waals surface area contributed by atoms with E-state index in [2.05, 4.69) is 4.98 Å². The Morgan fingerprint density at radius 3 is 2.68 bits per heavy atom. The van der Waals surface area contributed by atoms with Gasteiger partial charge in [-0.15, -0.1) is 0 Å². The zero-order valence-electron chi connectivity index (χ0n) is 13.4. The lowest BCUT2D eigenvalue weighted by Crippen LogP contribution is -2.23. The standard InChI is InChI=1S/C18H15FN2O3S/c1-2-24-16(22)11-25-18-20-14-9-5-3-7-12(14)17(23)21(18)15-10-6-4-8-13(15)19/h3-10H,2,11H2,1H3. The third-order valence-corrected chi connectivity index (χ3v) is 4.37. The second-order valence-electron chi connectivity index (χ2n) is 5.10. The molecule has 0 spiro atoms. The van der Waals surface area contributed by atoms with Crippen molar-refractivity contribution in [2.45, 2.75) is 12.1 Å². The van der Waals surface area contributed by atoms with E-state index in [0.717, 1.165) is 11.8 Å². The molecular weight excluding hydrogens is 343 g/mol. The van der Waals surface area contributed by atoms with Gasteiger partial charge in [-0.2, -0.15) is 0 Å². The van der Waals surface area contributed by atoms with E-state index in [1.54, 1.807) is 43.3 Å². The smallest absolute Gasteiger partial charge is 0.316 e. The van der Waals surface area contributed by atoms with E-state index in [1.165, 1.54) is 16.7 Å². The molecular formula is C18H15FN2O3S. The minimum atomic E-state index is -0.542. The van der Waals surface area contributed by atoms with Crippen LogP contribution in [0, 0.1) is 5.82 Å². The molecule has 0 radical (unpaired) electrons. The molecule has 1 heterocycles. The molecule has 0 aliphatic rings. The number of thioether (sulfide) groups is 1. The number of para-hydroxylation sites is 2. The van der Waals surface area contributed by atoms with Gasteiger partial charge in [0.1, 0.15) is 5.82 Å². The quantitative estimate of drug-likeness (QED) is 0.398. The van der Waals surface area contributed by atoms with Crippen LogP contribution in [0.25, 0.3) is 16.6 Å². The Balaban J connectivity index is 2.16. The molecule has 3 rings (SSSR count). The van der Waals surface area contributed by atoms with E-state index >= 15 is 0 Å². The normalized spacial score (nSPS) is 10.8. The summed E-state index contributed by atoms with van der Waals surface area (Å²) in [5, 5.41) is 0.619. The van der Waals surface area contributed by atoms with Crippen molar-refractivity contribution < 1.29 is 13.9 Å². The molecule has 25 heavy (non-hydrogen) atoms. The molecule has 0 atom stereocenters. The lowest BCUT2D eigenvalue weighted by Gasteiger charge is -2.13. The highest BCUT2D eigenvalue weighted by molar-refractivity contribution is 7.99. The predicted octanol–water partition coefficient (Wildman–Crippen LogP) is 3.18. The van der Waals surface area contributed by atoms with Crippen LogP contribution in [0.4, 0.5) is 4.39 Å². The molecule has 0 amide bonds. The summed E-state index contributed by atoms with van der Waals surface area (Å²) in [7, 11) is 0. The molecule has 0 unspecified atom stereocenters. The number of aromatic nitrogens is 2. The first-order valence-corrected chi connectivity index (χ1v) is 8.65. The zero-order valence-corrected chi connectivity index (χ0v) is 14.3. The van der Waals surface area contributed by atoms with E-state index in [1.807, 2.05) is 0 Å². The monoisotopic (exact) mass is 358 g/mol. The van der Waals surface area contributed by atoms with Crippen molar-refractivity contribution in [3.8, 4) is 5.69 Å². The van der Waals surface area contributed by atoms with E-state index in [4.69, 9.17) is 4.74 Å². The first-order chi connectivity index (χ1) is 12.1. The van der Waals surface area contributed by atoms with Crippen molar-refractivity contribution >= 4 is 28.6 Å². The number of carbonyl (C=O) groups is 1. The van der Waals surface area contributed by atoms with Crippen LogP contribution in [0.3, 0.4) is 0 Å². The van der Waals surface area contributed by atoms with Crippen molar-refractivity contribution in [2.75, 3.05) is 12.4 Å². The largest absolute Gasteiger partial charge is 0.465 e. The van der Waals surface area contributed by atoms with Gasteiger partial charge in [-0.05, 0) is 31.2 Å². The van der Waals surface area contributed by atoms with E-state index in [-0.39, 0.29) is 28.8 Å². The summed E-state index contributed by atoms with van der Waals surface area (Å²) in [5.74, 6) is -0.984. The molecule has 0 N–H and O–H groups in total. The molecule has 3 aromatic rings. The van der Waals surface area contributed by atoms with Gasteiger partial charge in [-0.25, -0.2) is 9.37 Å². The highest BCUT2D eigenvalue weighted by atomic mass is 32.2. The third-order valence-electron chi connectivity index (χ3n) is 3.46. The van der Waals surface area contributed by atoms with Gasteiger partial charge in [0, 0.05) is 0 Å². The zero-order chi connectivity index (χ0) is 17.8. The molecule has 0 aliphatic heterocycles. The number of hydrogen-bond donors (Lipinski definition) is 0.